The lowest BCUT2D eigenvalue weighted by molar-refractivity contribution is 0.0920. The third-order valence-electron chi connectivity index (χ3n) is 4.73. The van der Waals surface area contributed by atoms with Crippen LogP contribution in [0.1, 0.15) is 23.2 Å². The number of amides is 1. The molecule has 2 unspecified atom stereocenters. The van der Waals surface area contributed by atoms with Crippen LogP contribution in [0.4, 0.5) is 4.39 Å². The molecule has 1 aromatic carbocycles. The molecule has 0 aliphatic heterocycles. The molecule has 2 aromatic heterocycles. The number of fused-ring (bicyclic) bond motifs is 1. The number of benzene rings is 1. The van der Waals surface area contributed by atoms with Gasteiger partial charge in [0.2, 0.25) is 0 Å². The summed E-state index contributed by atoms with van der Waals surface area (Å²) in [7, 11) is 1.51. The minimum Gasteiger partial charge on any atom is -0.496 e. The van der Waals surface area contributed by atoms with Crippen molar-refractivity contribution in [3.8, 4) is 17.1 Å². The summed E-state index contributed by atoms with van der Waals surface area (Å²) in [6, 6.07) is 7.78. The minimum atomic E-state index is -1.08. The van der Waals surface area contributed by atoms with Crippen LogP contribution in [0, 0.1) is 0 Å². The molecular weight excluding hydrogens is 383 g/mol. The maximum absolute atomic E-state index is 14.0. The van der Waals surface area contributed by atoms with Gasteiger partial charge >= 0.3 is 0 Å². The van der Waals surface area contributed by atoms with Crippen LogP contribution in [0.2, 0.25) is 5.02 Å². The number of alkyl halides is 1. The zero-order chi connectivity index (χ0) is 19.7. The van der Waals surface area contributed by atoms with E-state index in [9.17, 15) is 9.18 Å². The molecule has 0 saturated heterocycles. The highest BCUT2D eigenvalue weighted by molar-refractivity contribution is 6.34. The second-order valence-electron chi connectivity index (χ2n) is 6.55. The predicted octanol–water partition coefficient (Wildman–Crippen LogP) is 4.94. The highest BCUT2D eigenvalue weighted by Gasteiger charge is 2.24. The summed E-state index contributed by atoms with van der Waals surface area (Å²) in [5, 5.41) is 3.18. The number of carbonyl (C=O) groups is 1. The number of nitrogens with one attached hydrogen (secondary N) is 1. The summed E-state index contributed by atoms with van der Waals surface area (Å²) in [6.07, 6.45) is 5.20. The van der Waals surface area contributed by atoms with Crippen molar-refractivity contribution >= 4 is 28.6 Å². The maximum Gasteiger partial charge on any atom is 0.251 e. The van der Waals surface area contributed by atoms with Gasteiger partial charge in [-0.25, -0.2) is 4.39 Å². The van der Waals surface area contributed by atoms with E-state index in [2.05, 4.69) is 10.3 Å². The molecule has 2 heterocycles. The summed E-state index contributed by atoms with van der Waals surface area (Å²) in [4.78, 5) is 16.8. The molecule has 0 spiro atoms. The van der Waals surface area contributed by atoms with Gasteiger partial charge in [0.15, 0.2) is 5.58 Å². The van der Waals surface area contributed by atoms with Gasteiger partial charge in [0.25, 0.3) is 5.91 Å². The van der Waals surface area contributed by atoms with Crippen LogP contribution in [0.25, 0.3) is 22.4 Å². The minimum absolute atomic E-state index is 0.363. The lowest BCUT2D eigenvalue weighted by Gasteiger charge is -2.22. The fourth-order valence-corrected chi connectivity index (χ4v) is 3.44. The highest BCUT2D eigenvalue weighted by Crippen LogP contribution is 2.36. The predicted molar refractivity (Wildman–Crippen MR) is 106 cm³/mol. The second kappa shape index (κ2) is 7.64. The highest BCUT2D eigenvalue weighted by atomic mass is 35.5. The molecule has 2 atom stereocenters. The van der Waals surface area contributed by atoms with Crippen molar-refractivity contribution in [2.45, 2.75) is 25.1 Å². The van der Waals surface area contributed by atoms with Gasteiger partial charge in [-0.3, -0.25) is 9.78 Å². The van der Waals surface area contributed by atoms with Gasteiger partial charge in [0.1, 0.15) is 23.2 Å². The van der Waals surface area contributed by atoms with E-state index in [1.807, 2.05) is 6.08 Å². The largest absolute Gasteiger partial charge is 0.496 e. The SMILES string of the molecule is COc1cc(C(=O)NC2C=CCCC2F)ccc1-c1cc2nccc(Cl)c2o1. The number of ether oxygens (including phenoxy) is 1. The van der Waals surface area contributed by atoms with Crippen LogP contribution in [-0.4, -0.2) is 30.2 Å². The quantitative estimate of drug-likeness (QED) is 0.630. The molecule has 0 fully saturated rings. The zero-order valence-electron chi connectivity index (χ0n) is 15.1. The number of methoxy groups -OCH3 is 1. The van der Waals surface area contributed by atoms with Crippen molar-refractivity contribution in [1.29, 1.82) is 0 Å². The zero-order valence-corrected chi connectivity index (χ0v) is 15.9. The molecule has 0 radical (unpaired) electrons. The van der Waals surface area contributed by atoms with Crippen molar-refractivity contribution in [1.82, 2.24) is 10.3 Å². The van der Waals surface area contributed by atoms with E-state index in [-0.39, 0.29) is 5.91 Å². The number of hydrogen-bond acceptors (Lipinski definition) is 4. The summed E-state index contributed by atoms with van der Waals surface area (Å²) in [5.41, 5.74) is 2.15. The van der Waals surface area contributed by atoms with Gasteiger partial charge in [0.05, 0.1) is 23.7 Å². The Kier molecular flexibility index (Phi) is 5.05. The fraction of sp³-hybridized carbons (Fsp3) is 0.238. The molecule has 1 amide bonds. The standard InChI is InChI=1S/C21H18ClFN2O3/c1-27-18-10-12(21(26)25-16-5-3-2-4-15(16)23)6-7-13(18)19-11-17-20(28-19)14(22)8-9-24-17/h3,5-11,15-16H,2,4H2,1H3,(H,25,26). The number of aromatic nitrogens is 1. The Bertz CT molecular complexity index is 1060. The van der Waals surface area contributed by atoms with Gasteiger partial charge in [-0.05, 0) is 37.1 Å². The van der Waals surface area contributed by atoms with E-state index in [4.69, 9.17) is 20.8 Å². The molecule has 1 aliphatic rings. The Morgan fingerprint density at radius 2 is 2.21 bits per heavy atom. The van der Waals surface area contributed by atoms with E-state index in [1.165, 1.54) is 7.11 Å². The Labute approximate surface area is 166 Å². The van der Waals surface area contributed by atoms with Gasteiger partial charge in [0, 0.05) is 17.8 Å². The van der Waals surface area contributed by atoms with E-state index in [1.54, 1.807) is 42.6 Å². The molecule has 5 nitrogen and oxygen atoms in total. The molecule has 144 valence electrons. The van der Waals surface area contributed by atoms with E-state index in [0.717, 1.165) is 0 Å². The number of pyridine rings is 1. The van der Waals surface area contributed by atoms with E-state index < -0.39 is 12.2 Å². The van der Waals surface area contributed by atoms with Crippen molar-refractivity contribution in [3.63, 3.8) is 0 Å². The first-order chi connectivity index (χ1) is 13.6. The number of allylic oxidation sites excluding steroid dienone is 1. The van der Waals surface area contributed by atoms with Crippen LogP contribution < -0.4 is 10.1 Å². The average Bonchev–Trinajstić information content (AvgIpc) is 3.14. The summed E-state index contributed by atoms with van der Waals surface area (Å²) in [6.45, 7) is 0. The molecule has 0 saturated carbocycles. The van der Waals surface area contributed by atoms with Gasteiger partial charge < -0.3 is 14.5 Å². The number of furan rings is 1. The Hall–Kier alpha value is -2.86. The third-order valence-corrected chi connectivity index (χ3v) is 5.03. The molecule has 1 N–H and O–H groups in total. The smallest absolute Gasteiger partial charge is 0.251 e. The molecule has 0 bridgehead atoms. The maximum atomic E-state index is 14.0. The molecule has 4 rings (SSSR count). The van der Waals surface area contributed by atoms with Gasteiger partial charge in [-0.1, -0.05) is 23.8 Å². The summed E-state index contributed by atoms with van der Waals surface area (Å²) >= 11 is 6.15. The summed E-state index contributed by atoms with van der Waals surface area (Å²) < 4.78 is 25.2. The Balaban J connectivity index is 1.63. The normalized spacial score (nSPS) is 19.0. The summed E-state index contributed by atoms with van der Waals surface area (Å²) in [5.74, 6) is 0.621. The molecule has 7 heteroatoms. The first-order valence-electron chi connectivity index (χ1n) is 8.91. The number of carbonyl (C=O) groups excluding carboxylic acids is 1. The van der Waals surface area contributed by atoms with Crippen molar-refractivity contribution in [3.05, 3.63) is 59.3 Å². The van der Waals surface area contributed by atoms with Crippen LogP contribution >= 0.6 is 11.6 Å². The Morgan fingerprint density at radius 3 is 2.96 bits per heavy atom. The number of hydrogen-bond donors (Lipinski definition) is 1. The van der Waals surface area contributed by atoms with Crippen LogP contribution in [0.5, 0.6) is 5.75 Å². The lowest BCUT2D eigenvalue weighted by atomic mass is 10.00. The second-order valence-corrected chi connectivity index (χ2v) is 6.96. The lowest BCUT2D eigenvalue weighted by Crippen LogP contribution is -2.41. The van der Waals surface area contributed by atoms with Crippen LogP contribution in [-0.2, 0) is 0 Å². The van der Waals surface area contributed by atoms with Crippen molar-refractivity contribution in [2.24, 2.45) is 0 Å². The van der Waals surface area contributed by atoms with E-state index >= 15 is 0 Å². The molecular formula is C21H18ClFN2O3. The van der Waals surface area contributed by atoms with E-state index in [0.29, 0.717) is 51.6 Å². The monoisotopic (exact) mass is 400 g/mol. The molecule has 3 aromatic rings. The average molecular weight is 401 g/mol. The Morgan fingerprint density at radius 1 is 1.36 bits per heavy atom. The van der Waals surface area contributed by atoms with Gasteiger partial charge in [-0.15, -0.1) is 0 Å². The van der Waals surface area contributed by atoms with Crippen molar-refractivity contribution in [2.75, 3.05) is 7.11 Å². The first-order valence-corrected chi connectivity index (χ1v) is 9.28. The topological polar surface area (TPSA) is 64.4 Å². The fourth-order valence-electron chi connectivity index (χ4n) is 3.25. The molecule has 28 heavy (non-hydrogen) atoms. The number of rotatable bonds is 4. The van der Waals surface area contributed by atoms with Crippen LogP contribution in [0.15, 0.2) is 53.1 Å². The van der Waals surface area contributed by atoms with Gasteiger partial charge in [-0.2, -0.15) is 0 Å². The number of halogens is 2. The first kappa shape index (κ1) is 18.5. The number of nitrogens with zero attached hydrogens (tertiary/aromatic N) is 1. The van der Waals surface area contributed by atoms with Crippen molar-refractivity contribution < 1.29 is 18.3 Å². The molecule has 1 aliphatic carbocycles. The van der Waals surface area contributed by atoms with Crippen LogP contribution in [0.3, 0.4) is 0 Å². The third kappa shape index (κ3) is 3.47.